The molecule has 0 spiro atoms. The lowest BCUT2D eigenvalue weighted by atomic mass is 10.1. The first-order chi connectivity index (χ1) is 14.8. The molecule has 2 heterocycles. The van der Waals surface area contributed by atoms with E-state index in [4.69, 9.17) is 17.0 Å². The van der Waals surface area contributed by atoms with Crippen LogP contribution in [0.3, 0.4) is 0 Å². The van der Waals surface area contributed by atoms with Gasteiger partial charge in [0.2, 0.25) is 10.0 Å². The number of rotatable bonds is 3. The molecular weight excluding hydrogens is 434 g/mol. The van der Waals surface area contributed by atoms with Gasteiger partial charge in [-0.25, -0.2) is 8.42 Å². The predicted molar refractivity (Wildman–Crippen MR) is 123 cm³/mol. The van der Waals surface area contributed by atoms with Gasteiger partial charge >= 0.3 is 0 Å². The minimum atomic E-state index is -3.70. The highest BCUT2D eigenvalue weighted by molar-refractivity contribution is 7.89. The summed E-state index contributed by atoms with van der Waals surface area (Å²) in [6.45, 7) is 5.16. The Kier molecular flexibility index (Phi) is 6.11. The number of anilines is 1. The molecule has 0 saturated carbocycles. The summed E-state index contributed by atoms with van der Waals surface area (Å²) in [6, 6.07) is 12.7. The topological polar surface area (TPSA) is 78.9 Å². The fourth-order valence-corrected chi connectivity index (χ4v) is 5.85. The van der Waals surface area contributed by atoms with E-state index in [9.17, 15) is 13.2 Å². The maximum Gasteiger partial charge on any atom is 0.257 e. The van der Waals surface area contributed by atoms with E-state index in [2.05, 4.69) is 18.3 Å². The molecule has 1 amide bonds. The third-order valence-electron chi connectivity index (χ3n) is 5.71. The quantitative estimate of drug-likeness (QED) is 0.711. The van der Waals surface area contributed by atoms with Crippen LogP contribution in [0, 0.1) is 6.92 Å². The van der Waals surface area contributed by atoms with Crippen molar-refractivity contribution in [2.75, 3.05) is 31.2 Å². The van der Waals surface area contributed by atoms with Gasteiger partial charge in [-0.15, -0.1) is 0 Å². The summed E-state index contributed by atoms with van der Waals surface area (Å²) in [5.41, 5.74) is 3.13. The van der Waals surface area contributed by atoms with Gasteiger partial charge in [-0.1, -0.05) is 24.3 Å². The van der Waals surface area contributed by atoms with Crippen LogP contribution in [0.25, 0.3) is 0 Å². The number of para-hydroxylation sites is 1. The molecule has 0 bridgehead atoms. The van der Waals surface area contributed by atoms with Crippen molar-refractivity contribution in [3.05, 3.63) is 59.2 Å². The molecule has 4 rings (SSSR count). The lowest BCUT2D eigenvalue weighted by molar-refractivity contribution is 0.0730. The van der Waals surface area contributed by atoms with E-state index in [1.807, 2.05) is 23.1 Å². The van der Waals surface area contributed by atoms with E-state index >= 15 is 0 Å². The van der Waals surface area contributed by atoms with E-state index in [1.54, 1.807) is 13.0 Å². The number of morpholine rings is 1. The number of ether oxygens (including phenoxy) is 1. The summed E-state index contributed by atoms with van der Waals surface area (Å²) in [5.74, 6) is -0.418. The number of nitrogens with one attached hydrogen (secondary N) is 1. The van der Waals surface area contributed by atoms with Crippen molar-refractivity contribution in [3.8, 4) is 0 Å². The second-order valence-corrected chi connectivity index (χ2v) is 10.1. The number of fused-ring (bicyclic) bond motifs is 1. The van der Waals surface area contributed by atoms with Crippen LogP contribution >= 0.6 is 12.2 Å². The van der Waals surface area contributed by atoms with Crippen LogP contribution in [0.5, 0.6) is 0 Å². The number of benzene rings is 2. The van der Waals surface area contributed by atoms with Crippen LogP contribution in [0.2, 0.25) is 0 Å². The Morgan fingerprint density at radius 3 is 2.61 bits per heavy atom. The third kappa shape index (κ3) is 4.23. The predicted octanol–water partition coefficient (Wildman–Crippen LogP) is 2.48. The molecule has 2 aromatic carbocycles. The number of hydrogen-bond donors (Lipinski definition) is 1. The van der Waals surface area contributed by atoms with Crippen LogP contribution in [-0.2, 0) is 21.2 Å². The fraction of sp³-hybridized carbons (Fsp3) is 0.364. The molecule has 1 N–H and O–H groups in total. The molecule has 2 aliphatic rings. The second-order valence-electron chi connectivity index (χ2n) is 7.80. The van der Waals surface area contributed by atoms with Crippen molar-refractivity contribution >= 4 is 38.9 Å². The van der Waals surface area contributed by atoms with Crippen molar-refractivity contribution in [2.45, 2.75) is 31.2 Å². The summed E-state index contributed by atoms with van der Waals surface area (Å²) < 4.78 is 32.6. The highest BCUT2D eigenvalue weighted by Crippen LogP contribution is 2.32. The van der Waals surface area contributed by atoms with Gasteiger partial charge in [-0.05, 0) is 61.8 Å². The number of sulfonamides is 1. The van der Waals surface area contributed by atoms with Crippen molar-refractivity contribution in [1.82, 2.24) is 9.62 Å². The Labute approximate surface area is 188 Å². The number of carbonyl (C=O) groups is 1. The molecule has 7 nitrogen and oxygen atoms in total. The van der Waals surface area contributed by atoms with Crippen LogP contribution in [0.4, 0.5) is 5.69 Å². The summed E-state index contributed by atoms with van der Waals surface area (Å²) in [6.07, 6.45) is 0.846. The van der Waals surface area contributed by atoms with Crippen molar-refractivity contribution in [2.24, 2.45) is 0 Å². The smallest absolute Gasteiger partial charge is 0.257 e. The molecule has 1 fully saturated rings. The number of thiocarbonyl (C=S) groups is 1. The lowest BCUT2D eigenvalue weighted by Gasteiger charge is -2.27. The number of carbonyl (C=O) groups excluding carboxylic acids is 1. The molecule has 1 unspecified atom stereocenters. The van der Waals surface area contributed by atoms with Gasteiger partial charge in [0.15, 0.2) is 5.11 Å². The maximum absolute atomic E-state index is 13.1. The zero-order valence-electron chi connectivity index (χ0n) is 17.5. The van der Waals surface area contributed by atoms with Gasteiger partial charge in [-0.2, -0.15) is 4.31 Å². The zero-order valence-corrected chi connectivity index (χ0v) is 19.1. The van der Waals surface area contributed by atoms with E-state index in [0.29, 0.717) is 37.0 Å². The van der Waals surface area contributed by atoms with Crippen LogP contribution in [0.15, 0.2) is 47.4 Å². The Morgan fingerprint density at radius 2 is 1.87 bits per heavy atom. The first-order valence-corrected chi connectivity index (χ1v) is 12.0. The largest absolute Gasteiger partial charge is 0.379 e. The monoisotopic (exact) mass is 459 g/mol. The maximum atomic E-state index is 13.1. The van der Waals surface area contributed by atoms with E-state index < -0.39 is 15.9 Å². The minimum Gasteiger partial charge on any atom is -0.379 e. The Balaban J connectivity index is 1.56. The highest BCUT2D eigenvalue weighted by atomic mass is 32.2. The summed E-state index contributed by atoms with van der Waals surface area (Å²) in [4.78, 5) is 15.1. The zero-order chi connectivity index (χ0) is 22.2. The van der Waals surface area contributed by atoms with Crippen molar-refractivity contribution in [3.63, 3.8) is 0 Å². The summed E-state index contributed by atoms with van der Waals surface area (Å²) in [5, 5.41) is 3.11. The van der Waals surface area contributed by atoms with E-state index in [0.717, 1.165) is 12.1 Å². The highest BCUT2D eigenvalue weighted by Gasteiger charge is 2.30. The molecule has 9 heteroatoms. The molecule has 2 aromatic rings. The molecule has 164 valence electrons. The number of nitrogens with zero attached hydrogens (tertiary/aromatic N) is 2. The van der Waals surface area contributed by atoms with E-state index in [1.165, 1.54) is 22.0 Å². The number of amides is 1. The van der Waals surface area contributed by atoms with Gasteiger partial charge in [0.25, 0.3) is 5.91 Å². The average Bonchev–Trinajstić information content (AvgIpc) is 3.10. The van der Waals surface area contributed by atoms with Gasteiger partial charge in [0.1, 0.15) is 0 Å². The van der Waals surface area contributed by atoms with Gasteiger partial charge in [0.05, 0.1) is 18.1 Å². The molecule has 0 radical (unpaired) electrons. The van der Waals surface area contributed by atoms with Crippen molar-refractivity contribution < 1.29 is 17.9 Å². The minimum absolute atomic E-state index is 0.0935. The molecule has 1 atom stereocenters. The van der Waals surface area contributed by atoms with Crippen molar-refractivity contribution in [1.29, 1.82) is 0 Å². The SMILES string of the molecule is Cc1ccc(S(=O)(=O)N2CCOCC2)cc1C(=O)NC(=S)N1c2ccccc2CC1C. The summed E-state index contributed by atoms with van der Waals surface area (Å²) >= 11 is 5.55. The Bertz CT molecular complexity index is 1130. The standard InChI is InChI=1S/C22H25N3O4S2/c1-15-7-8-18(31(27,28)24-9-11-29-12-10-24)14-19(15)21(26)23-22(30)25-16(2)13-17-5-3-4-6-20(17)25/h3-8,14,16H,9-13H2,1-2H3,(H,23,26,30). The molecular formula is C22H25N3O4S2. The molecule has 31 heavy (non-hydrogen) atoms. The second kappa shape index (κ2) is 8.66. The first-order valence-electron chi connectivity index (χ1n) is 10.2. The normalized spacial score (nSPS) is 19.2. The fourth-order valence-electron chi connectivity index (χ4n) is 4.04. The van der Waals surface area contributed by atoms with E-state index in [-0.39, 0.29) is 16.5 Å². The number of aryl methyl sites for hydroxylation is 1. The Morgan fingerprint density at radius 1 is 1.16 bits per heavy atom. The molecule has 0 aromatic heterocycles. The van der Waals surface area contributed by atoms with Gasteiger partial charge < -0.3 is 9.64 Å². The molecule has 0 aliphatic carbocycles. The lowest BCUT2D eigenvalue weighted by Crippen LogP contribution is -2.45. The van der Waals surface area contributed by atoms with Gasteiger partial charge in [0, 0.05) is 30.4 Å². The van der Waals surface area contributed by atoms with Crippen LogP contribution in [0.1, 0.15) is 28.4 Å². The Hall–Kier alpha value is -2.33. The summed E-state index contributed by atoms with van der Waals surface area (Å²) in [7, 11) is -3.70. The average molecular weight is 460 g/mol. The first kappa shape index (κ1) is 21.9. The van der Waals surface area contributed by atoms with Gasteiger partial charge in [-0.3, -0.25) is 10.1 Å². The third-order valence-corrected chi connectivity index (χ3v) is 7.90. The molecule has 1 saturated heterocycles. The molecule has 2 aliphatic heterocycles. The van der Waals surface area contributed by atoms with Crippen LogP contribution in [-0.4, -0.2) is 56.1 Å². The van der Waals surface area contributed by atoms with Crippen LogP contribution < -0.4 is 10.2 Å². The number of hydrogen-bond acceptors (Lipinski definition) is 5.